The lowest BCUT2D eigenvalue weighted by atomic mass is 9.78. The molecule has 7 nitrogen and oxygen atoms in total. The number of halogens is 3. The molecule has 0 spiro atoms. The Bertz CT molecular complexity index is 760. The quantitative estimate of drug-likeness (QED) is 0.462. The Hall–Kier alpha value is -2.11. The van der Waals surface area contributed by atoms with Crippen molar-refractivity contribution in [2.75, 3.05) is 13.1 Å². The summed E-state index contributed by atoms with van der Waals surface area (Å²) in [7, 11) is -1.50. The summed E-state index contributed by atoms with van der Waals surface area (Å²) in [4.78, 5) is 25.9. The molecule has 1 fully saturated rings. The Morgan fingerprint density at radius 2 is 1.90 bits per heavy atom. The molecule has 2 rings (SSSR count). The smallest absolute Gasteiger partial charge is 0.451 e. The van der Waals surface area contributed by atoms with Crippen molar-refractivity contribution in [1.29, 1.82) is 0 Å². The summed E-state index contributed by atoms with van der Waals surface area (Å²) in [6.45, 7) is 1.58. The number of carboxylic acid groups (broad SMARTS) is 1. The van der Waals surface area contributed by atoms with Crippen LogP contribution in [0.4, 0.5) is 13.2 Å². The van der Waals surface area contributed by atoms with Crippen molar-refractivity contribution < 1.29 is 37.9 Å². The minimum atomic E-state index is -4.43. The van der Waals surface area contributed by atoms with Gasteiger partial charge in [-0.25, -0.2) is 0 Å². The number of carbonyl (C=O) groups excluding carboxylic acids is 1. The molecule has 1 amide bonds. The van der Waals surface area contributed by atoms with Gasteiger partial charge in [0.25, 0.3) is 0 Å². The molecule has 166 valence electrons. The van der Waals surface area contributed by atoms with Crippen LogP contribution in [0.25, 0.3) is 0 Å². The van der Waals surface area contributed by atoms with Gasteiger partial charge >= 0.3 is 19.3 Å². The number of nitrogens with zero attached hydrogens (tertiary/aromatic N) is 1. The van der Waals surface area contributed by atoms with Crippen LogP contribution >= 0.6 is 0 Å². The molecule has 1 aromatic rings. The number of carboxylic acids is 1. The molecular formula is C19H26BF3N2O5. The highest BCUT2D eigenvalue weighted by molar-refractivity contribution is 6.40. The van der Waals surface area contributed by atoms with Crippen LogP contribution in [0, 0.1) is 11.8 Å². The summed E-state index contributed by atoms with van der Waals surface area (Å²) >= 11 is 0. The van der Waals surface area contributed by atoms with Crippen molar-refractivity contribution in [2.24, 2.45) is 17.6 Å². The van der Waals surface area contributed by atoms with E-state index >= 15 is 0 Å². The molecule has 1 aliphatic rings. The number of alkyl halides is 3. The van der Waals surface area contributed by atoms with Crippen LogP contribution in [0.1, 0.15) is 30.9 Å². The molecule has 0 radical (unpaired) electrons. The lowest BCUT2D eigenvalue weighted by Crippen LogP contribution is -2.55. The lowest BCUT2D eigenvalue weighted by Gasteiger charge is -2.25. The summed E-state index contributed by atoms with van der Waals surface area (Å²) in [6, 6.07) is 4.57. The first-order valence-electron chi connectivity index (χ1n) is 9.68. The highest BCUT2D eigenvalue weighted by Crippen LogP contribution is 2.32. The number of aliphatic carboxylic acids is 1. The van der Waals surface area contributed by atoms with Crippen LogP contribution in [0.2, 0.25) is 6.32 Å². The minimum Gasteiger partial charge on any atom is -0.480 e. The van der Waals surface area contributed by atoms with Gasteiger partial charge in [-0.1, -0.05) is 25.5 Å². The summed E-state index contributed by atoms with van der Waals surface area (Å²) < 4.78 is 38.0. The average Bonchev–Trinajstić information content (AvgIpc) is 2.98. The Labute approximate surface area is 172 Å². The van der Waals surface area contributed by atoms with Crippen molar-refractivity contribution in [3.05, 3.63) is 35.4 Å². The van der Waals surface area contributed by atoms with E-state index in [4.69, 9.17) is 15.8 Å². The zero-order valence-corrected chi connectivity index (χ0v) is 16.6. The zero-order valence-electron chi connectivity index (χ0n) is 16.6. The van der Waals surface area contributed by atoms with E-state index in [0.29, 0.717) is 18.4 Å². The molecular weight excluding hydrogens is 404 g/mol. The predicted octanol–water partition coefficient (Wildman–Crippen LogP) is 1.38. The van der Waals surface area contributed by atoms with E-state index in [0.717, 1.165) is 12.1 Å². The highest BCUT2D eigenvalue weighted by Gasteiger charge is 2.50. The second kappa shape index (κ2) is 9.36. The molecule has 30 heavy (non-hydrogen) atoms. The Morgan fingerprint density at radius 3 is 2.40 bits per heavy atom. The topological polar surface area (TPSA) is 124 Å². The van der Waals surface area contributed by atoms with Gasteiger partial charge in [0.2, 0.25) is 5.91 Å². The molecule has 3 atom stereocenters. The average molecular weight is 430 g/mol. The fraction of sp³-hybridized carbons (Fsp3) is 0.579. The number of carbonyl (C=O) groups is 2. The van der Waals surface area contributed by atoms with Gasteiger partial charge in [-0.2, -0.15) is 13.2 Å². The highest BCUT2D eigenvalue weighted by atomic mass is 19.4. The first kappa shape index (κ1) is 24.2. The molecule has 1 heterocycles. The molecule has 5 N–H and O–H groups in total. The minimum absolute atomic E-state index is 0.0739. The third-order valence-corrected chi connectivity index (χ3v) is 5.59. The fourth-order valence-corrected chi connectivity index (χ4v) is 3.83. The number of amides is 1. The van der Waals surface area contributed by atoms with E-state index in [1.807, 2.05) is 0 Å². The van der Waals surface area contributed by atoms with Gasteiger partial charge in [-0.15, -0.1) is 0 Å². The third kappa shape index (κ3) is 5.74. The van der Waals surface area contributed by atoms with E-state index in [9.17, 15) is 27.9 Å². The monoisotopic (exact) mass is 430 g/mol. The van der Waals surface area contributed by atoms with E-state index < -0.39 is 42.2 Å². The molecule has 0 saturated carbocycles. The van der Waals surface area contributed by atoms with Crippen molar-refractivity contribution in [2.45, 2.75) is 44.2 Å². The van der Waals surface area contributed by atoms with Gasteiger partial charge in [0.1, 0.15) is 5.54 Å². The number of likely N-dealkylation sites (tertiary alicyclic amines) is 1. The normalized spacial score (nSPS) is 22.8. The molecule has 0 unspecified atom stereocenters. The number of hydrogen-bond acceptors (Lipinski definition) is 5. The van der Waals surface area contributed by atoms with Crippen LogP contribution in [0.3, 0.4) is 0 Å². The summed E-state index contributed by atoms with van der Waals surface area (Å²) in [5.41, 5.74) is 4.24. The van der Waals surface area contributed by atoms with Gasteiger partial charge in [-0.05, 0) is 36.9 Å². The van der Waals surface area contributed by atoms with Crippen LogP contribution in [0.15, 0.2) is 24.3 Å². The Kier molecular flexibility index (Phi) is 7.54. The summed E-state index contributed by atoms with van der Waals surface area (Å²) in [5, 5.41) is 27.5. The second-order valence-electron chi connectivity index (χ2n) is 7.97. The fourth-order valence-electron chi connectivity index (χ4n) is 3.83. The summed E-state index contributed by atoms with van der Waals surface area (Å²) in [6.07, 6.45) is -3.49. The van der Waals surface area contributed by atoms with E-state index in [-0.39, 0.29) is 31.7 Å². The first-order valence-corrected chi connectivity index (χ1v) is 9.68. The number of benzene rings is 1. The summed E-state index contributed by atoms with van der Waals surface area (Å²) in [5.74, 6) is -2.67. The standard InChI is InChI=1S/C19H26BF3N2O5/c1-12(9-13-4-6-14(7-5-13)19(21,22)23)16(26)25-10-15(3-2-8-20(29)30)18(24,11-25)17(27)28/h4-7,12,15,29-30H,2-3,8-11,24H2,1H3,(H,27,28)/t12-,15-,18-/m0/s1. The van der Waals surface area contributed by atoms with E-state index in [1.165, 1.54) is 17.0 Å². The van der Waals surface area contributed by atoms with Gasteiger partial charge < -0.3 is 25.8 Å². The molecule has 0 aromatic heterocycles. The maximum Gasteiger partial charge on any atom is 0.451 e. The van der Waals surface area contributed by atoms with Gasteiger partial charge in [0.05, 0.1) is 5.56 Å². The third-order valence-electron chi connectivity index (χ3n) is 5.59. The molecule has 0 aliphatic carbocycles. The first-order chi connectivity index (χ1) is 13.8. The Balaban J connectivity index is 2.03. The SMILES string of the molecule is C[C@@H](Cc1ccc(C(F)(F)F)cc1)C(=O)N1C[C@H](CCCB(O)O)[C@](N)(C(=O)O)C1. The van der Waals surface area contributed by atoms with Crippen LogP contribution < -0.4 is 5.73 Å². The van der Waals surface area contributed by atoms with Crippen LogP contribution in [0.5, 0.6) is 0 Å². The van der Waals surface area contributed by atoms with Crippen molar-refractivity contribution in [1.82, 2.24) is 4.90 Å². The van der Waals surface area contributed by atoms with Crippen molar-refractivity contribution in [3.63, 3.8) is 0 Å². The number of nitrogens with two attached hydrogens (primary N) is 1. The van der Waals surface area contributed by atoms with Gasteiger partial charge in [0.15, 0.2) is 0 Å². The van der Waals surface area contributed by atoms with Crippen molar-refractivity contribution >= 4 is 19.0 Å². The van der Waals surface area contributed by atoms with Gasteiger partial charge in [0, 0.05) is 24.9 Å². The van der Waals surface area contributed by atoms with Crippen LogP contribution in [-0.4, -0.2) is 57.7 Å². The van der Waals surface area contributed by atoms with Crippen molar-refractivity contribution in [3.8, 4) is 0 Å². The number of rotatable bonds is 8. The molecule has 1 aromatic carbocycles. The molecule has 0 bridgehead atoms. The van der Waals surface area contributed by atoms with E-state index in [2.05, 4.69) is 0 Å². The second-order valence-corrected chi connectivity index (χ2v) is 7.97. The maximum absolute atomic E-state index is 12.8. The molecule has 1 saturated heterocycles. The zero-order chi connectivity index (χ0) is 22.7. The van der Waals surface area contributed by atoms with E-state index in [1.54, 1.807) is 6.92 Å². The largest absolute Gasteiger partial charge is 0.480 e. The maximum atomic E-state index is 12.8. The lowest BCUT2D eigenvalue weighted by molar-refractivity contribution is -0.144. The molecule has 11 heteroatoms. The van der Waals surface area contributed by atoms with Crippen LogP contribution in [-0.2, 0) is 22.2 Å². The molecule has 1 aliphatic heterocycles. The Morgan fingerprint density at radius 1 is 1.30 bits per heavy atom. The van der Waals surface area contributed by atoms with Gasteiger partial charge in [-0.3, -0.25) is 9.59 Å². The predicted molar refractivity (Wildman–Crippen MR) is 103 cm³/mol. The number of hydrogen-bond donors (Lipinski definition) is 4.